The molecule has 0 saturated heterocycles. The number of ether oxygens (including phenoxy) is 2. The van der Waals surface area contributed by atoms with Gasteiger partial charge in [-0.3, -0.25) is 14.4 Å². The van der Waals surface area contributed by atoms with Crippen LogP contribution in [0.25, 0.3) is 11.1 Å². The lowest BCUT2D eigenvalue weighted by atomic mass is 9.79. The second kappa shape index (κ2) is 21.9. The summed E-state index contributed by atoms with van der Waals surface area (Å²) >= 11 is 0. The molecular formula is C52H68N6O7. The molecule has 1 saturated carbocycles. The van der Waals surface area contributed by atoms with E-state index >= 15 is 4.79 Å². The van der Waals surface area contributed by atoms with Crippen molar-refractivity contribution in [3.63, 3.8) is 0 Å². The molecule has 0 aliphatic heterocycles. The molecule has 0 radical (unpaired) electrons. The highest BCUT2D eigenvalue weighted by Gasteiger charge is 2.55. The monoisotopic (exact) mass is 889 g/mol. The average molecular weight is 889 g/mol. The Bertz CT molecular complexity index is 2170. The van der Waals surface area contributed by atoms with Gasteiger partial charge in [0.05, 0.1) is 36.6 Å². The number of aromatic nitrogens is 2. The molecule has 1 heterocycles. The number of primary amides is 1. The molecule has 6 atom stereocenters. The quantitative estimate of drug-likeness (QED) is 0.0469. The fraction of sp³-hybridized carbons (Fsp3) is 0.481. The molecule has 0 unspecified atom stereocenters. The number of nitrogens with zero attached hydrogens (tertiary/aromatic N) is 1. The number of benzene rings is 3. The van der Waals surface area contributed by atoms with E-state index in [0.29, 0.717) is 24.5 Å². The number of imidazole rings is 1. The smallest absolute Gasteiger partial charge is 0.405 e. The van der Waals surface area contributed by atoms with Crippen molar-refractivity contribution in [2.75, 3.05) is 6.61 Å². The minimum Gasteiger partial charge on any atom is -0.429 e. The molecule has 1 aromatic heterocycles. The van der Waals surface area contributed by atoms with Crippen LogP contribution in [0, 0.1) is 17.8 Å². The number of amides is 4. The van der Waals surface area contributed by atoms with Crippen molar-refractivity contribution in [2.24, 2.45) is 23.5 Å². The summed E-state index contributed by atoms with van der Waals surface area (Å²) in [6.45, 7) is 13.3. The van der Waals surface area contributed by atoms with Gasteiger partial charge in [0.2, 0.25) is 17.4 Å². The van der Waals surface area contributed by atoms with Crippen molar-refractivity contribution < 1.29 is 33.8 Å². The highest BCUT2D eigenvalue weighted by atomic mass is 16.6. The van der Waals surface area contributed by atoms with Gasteiger partial charge in [-0.2, -0.15) is 0 Å². The number of carbonyl (C=O) groups is 4. The molecule has 65 heavy (non-hydrogen) atoms. The maximum atomic E-state index is 15.4. The molecule has 2 aliphatic rings. The van der Waals surface area contributed by atoms with E-state index in [2.05, 4.69) is 46.3 Å². The Morgan fingerprint density at radius 3 is 2.03 bits per heavy atom. The lowest BCUT2D eigenvalue weighted by molar-refractivity contribution is -0.157. The number of H-pyrrole nitrogens is 1. The fourth-order valence-electron chi connectivity index (χ4n) is 9.47. The van der Waals surface area contributed by atoms with Gasteiger partial charge in [0.25, 0.3) is 5.91 Å². The summed E-state index contributed by atoms with van der Waals surface area (Å²) in [7, 11) is 0. The van der Waals surface area contributed by atoms with E-state index in [-0.39, 0.29) is 24.7 Å². The van der Waals surface area contributed by atoms with E-state index in [9.17, 15) is 19.5 Å². The number of hydrogen-bond donors (Lipinski definition) is 6. The predicted octanol–water partition coefficient (Wildman–Crippen LogP) is 7.29. The van der Waals surface area contributed by atoms with Crippen molar-refractivity contribution in [1.29, 1.82) is 0 Å². The van der Waals surface area contributed by atoms with Gasteiger partial charge in [-0.1, -0.05) is 131 Å². The van der Waals surface area contributed by atoms with Crippen molar-refractivity contribution in [3.05, 3.63) is 126 Å². The fourth-order valence-corrected chi connectivity index (χ4v) is 9.47. The average Bonchev–Trinajstić information content (AvgIpc) is 3.92. The van der Waals surface area contributed by atoms with Gasteiger partial charge in [-0.05, 0) is 79.2 Å². The predicted molar refractivity (Wildman–Crippen MR) is 251 cm³/mol. The van der Waals surface area contributed by atoms with Crippen molar-refractivity contribution in [1.82, 2.24) is 25.9 Å². The molecule has 0 bridgehead atoms. The Hall–Kier alpha value is -5.79. The van der Waals surface area contributed by atoms with Gasteiger partial charge in [-0.15, -0.1) is 6.58 Å². The van der Waals surface area contributed by atoms with Gasteiger partial charge in [-0.25, -0.2) is 9.78 Å². The number of aromatic amines is 1. The summed E-state index contributed by atoms with van der Waals surface area (Å²) in [5.41, 5.74) is 7.45. The Kier molecular flexibility index (Phi) is 16.4. The Morgan fingerprint density at radius 1 is 0.862 bits per heavy atom. The minimum absolute atomic E-state index is 0.0165. The lowest BCUT2D eigenvalue weighted by Crippen LogP contribution is -2.63. The summed E-state index contributed by atoms with van der Waals surface area (Å²) < 4.78 is 12.4. The van der Waals surface area contributed by atoms with E-state index in [1.54, 1.807) is 6.20 Å². The first-order valence-corrected chi connectivity index (χ1v) is 23.1. The van der Waals surface area contributed by atoms with Crippen LogP contribution in [-0.2, 0) is 36.7 Å². The second-order valence-electron chi connectivity index (χ2n) is 19.2. The van der Waals surface area contributed by atoms with Crippen molar-refractivity contribution >= 4 is 23.8 Å². The number of aliphatic hydroxyl groups is 1. The number of nitrogens with two attached hydrogens (primary N) is 1. The Balaban J connectivity index is 1.36. The van der Waals surface area contributed by atoms with E-state index in [1.165, 1.54) is 12.7 Å². The van der Waals surface area contributed by atoms with E-state index in [0.717, 1.165) is 53.5 Å². The third kappa shape index (κ3) is 12.5. The van der Waals surface area contributed by atoms with Crippen LogP contribution >= 0.6 is 0 Å². The molecule has 4 amide bonds. The maximum absolute atomic E-state index is 15.4. The summed E-state index contributed by atoms with van der Waals surface area (Å²) in [5, 5.41) is 20.9. The van der Waals surface area contributed by atoms with Gasteiger partial charge in [0.1, 0.15) is 12.1 Å². The largest absolute Gasteiger partial charge is 0.429 e. The molecular weight excluding hydrogens is 821 g/mol. The highest BCUT2D eigenvalue weighted by molar-refractivity contribution is 5.97. The molecule has 7 N–H and O–H groups in total. The summed E-state index contributed by atoms with van der Waals surface area (Å²) in [5.74, 6) is -2.23. The normalized spacial score (nSPS) is 17.3. The van der Waals surface area contributed by atoms with Gasteiger partial charge < -0.3 is 41.2 Å². The Morgan fingerprint density at radius 2 is 1.46 bits per heavy atom. The van der Waals surface area contributed by atoms with Gasteiger partial charge in [0.15, 0.2) is 0 Å². The zero-order valence-electron chi connectivity index (χ0n) is 38.6. The van der Waals surface area contributed by atoms with E-state index < -0.39 is 71.8 Å². The summed E-state index contributed by atoms with van der Waals surface area (Å²) in [6, 6.07) is 21.3. The number of carbonyl (C=O) groups excluding carboxylic acids is 4. The van der Waals surface area contributed by atoms with Crippen LogP contribution in [0.2, 0.25) is 0 Å². The number of rotatable bonds is 21. The first-order chi connectivity index (χ1) is 31.1. The zero-order valence-corrected chi connectivity index (χ0v) is 38.6. The first-order valence-electron chi connectivity index (χ1n) is 23.1. The maximum Gasteiger partial charge on any atom is 0.405 e. The van der Waals surface area contributed by atoms with Crippen LogP contribution in [0.4, 0.5) is 4.79 Å². The lowest BCUT2D eigenvalue weighted by Gasteiger charge is -2.39. The van der Waals surface area contributed by atoms with Crippen LogP contribution < -0.4 is 21.7 Å². The van der Waals surface area contributed by atoms with E-state index in [1.807, 2.05) is 106 Å². The molecule has 13 nitrogen and oxygen atoms in total. The number of hydrogen-bond acceptors (Lipinski definition) is 8. The molecule has 0 spiro atoms. The third-order valence-corrected chi connectivity index (χ3v) is 13.0. The molecule has 2 aliphatic carbocycles. The molecule has 1 fully saturated rings. The number of nitrogens with one attached hydrogen (secondary N) is 4. The van der Waals surface area contributed by atoms with Gasteiger partial charge >= 0.3 is 6.09 Å². The van der Waals surface area contributed by atoms with Crippen LogP contribution in [0.3, 0.4) is 0 Å². The minimum atomic E-state index is -2.11. The SMILES string of the molecule is C=C[C@@H](C[C@H](O)[C@H](CC1CCCCC1)NC(=O)[C@H](Cc1cnc[nH]1)NC(=O)[C@H](Cc1ccccc1)NC(=O)[C@](COC(C)(C)C)(OC(N)=O)C1c2ccccc2-c2ccccc21)C(C)C. The van der Waals surface area contributed by atoms with Crippen molar-refractivity contribution in [2.45, 2.75) is 134 Å². The summed E-state index contributed by atoms with van der Waals surface area (Å²) in [4.78, 5) is 65.3. The molecule has 3 aromatic carbocycles. The van der Waals surface area contributed by atoms with Crippen LogP contribution in [0.1, 0.15) is 108 Å². The topological polar surface area (TPSA) is 198 Å². The Labute approximate surface area is 383 Å². The third-order valence-electron chi connectivity index (χ3n) is 13.0. The molecule has 4 aromatic rings. The first kappa shape index (κ1) is 48.7. The molecule has 348 valence electrons. The molecule has 13 heteroatoms. The zero-order chi connectivity index (χ0) is 46.7. The van der Waals surface area contributed by atoms with Crippen LogP contribution in [0.15, 0.2) is 104 Å². The van der Waals surface area contributed by atoms with E-state index in [4.69, 9.17) is 15.2 Å². The highest BCUT2D eigenvalue weighted by Crippen LogP contribution is 2.51. The molecule has 6 rings (SSSR count). The standard InChI is InChI=1S/C52H68N6O7/c1-7-36(33(2)3)28-45(59)42(26-34-18-10-8-11-19-34)56-48(61)44(29-37-30-54-32-55-37)57-47(60)43(27-35-20-12-9-13-21-35)58-49(62)52(65-50(53)63,31-64-51(4,5)6)46-40-24-16-14-22-38(40)39-23-15-17-25-41(39)46/h7,9,12-17,20-25,30,32-34,36,42-46,59H,1,8,10-11,18-19,26-29,31H2,2-6H3,(H2,53,63)(H,54,55)(H,56,61)(H,57,60)(H,58,62)/t36-,42-,43-,44-,45-,52+/m0/s1. The second-order valence-corrected chi connectivity index (χ2v) is 19.2. The van der Waals surface area contributed by atoms with Gasteiger partial charge in [0, 0.05) is 24.7 Å². The van der Waals surface area contributed by atoms with Crippen molar-refractivity contribution in [3.8, 4) is 11.1 Å². The number of fused-ring (bicyclic) bond motifs is 3. The number of aliphatic hydroxyl groups excluding tert-OH is 1. The summed E-state index contributed by atoms with van der Waals surface area (Å²) in [6.07, 6.45) is 9.37. The number of allylic oxidation sites excluding steroid dienone is 1. The van der Waals surface area contributed by atoms with Crippen LogP contribution in [-0.4, -0.2) is 80.9 Å². The van der Waals surface area contributed by atoms with Crippen LogP contribution in [0.5, 0.6) is 0 Å².